The minimum Gasteiger partial charge on any atom is -0.382 e. The van der Waals surface area contributed by atoms with Gasteiger partial charge in [-0.2, -0.15) is 5.10 Å². The number of aromatic nitrogens is 2. The Hall–Kier alpha value is -1.46. The first-order chi connectivity index (χ1) is 7.99. The first kappa shape index (κ1) is 12.0. The van der Waals surface area contributed by atoms with E-state index in [0.29, 0.717) is 0 Å². The Morgan fingerprint density at radius 3 is 2.35 bits per heavy atom. The molecule has 1 N–H and O–H groups in total. The van der Waals surface area contributed by atoms with Gasteiger partial charge in [0.05, 0.1) is 16.9 Å². The molecule has 1 unspecified atom stereocenters. The zero-order chi connectivity index (χ0) is 12.6. The summed E-state index contributed by atoms with van der Waals surface area (Å²) in [6.07, 6.45) is 0.135. The van der Waals surface area contributed by atoms with E-state index in [-0.39, 0.29) is 16.3 Å². The fourth-order valence-corrected chi connectivity index (χ4v) is 1.89. The molecule has 1 aromatic heterocycles. The SMILES string of the molecule is Cn1ncc(Cl)c1C(O)c1cc(F)cc(F)c1. The third kappa shape index (κ3) is 2.30. The summed E-state index contributed by atoms with van der Waals surface area (Å²) in [5.74, 6) is -1.50. The number of nitrogens with zero attached hydrogens (tertiary/aromatic N) is 2. The standard InChI is InChI=1S/C11H9ClF2N2O/c1-16-10(9(12)5-15-16)11(17)6-2-7(13)4-8(14)3-6/h2-5,11,17H,1H3. The number of aryl methyl sites for hydroxylation is 1. The van der Waals surface area contributed by atoms with Crippen LogP contribution in [0.3, 0.4) is 0 Å². The Morgan fingerprint density at radius 1 is 1.29 bits per heavy atom. The van der Waals surface area contributed by atoms with Crippen LogP contribution in [0.4, 0.5) is 8.78 Å². The topological polar surface area (TPSA) is 38.0 Å². The smallest absolute Gasteiger partial charge is 0.126 e. The lowest BCUT2D eigenvalue weighted by molar-refractivity contribution is 0.209. The van der Waals surface area contributed by atoms with Crippen molar-refractivity contribution in [2.45, 2.75) is 6.10 Å². The second-order valence-electron chi connectivity index (χ2n) is 3.61. The predicted molar refractivity (Wildman–Crippen MR) is 58.6 cm³/mol. The van der Waals surface area contributed by atoms with E-state index >= 15 is 0 Å². The Balaban J connectivity index is 2.47. The van der Waals surface area contributed by atoms with E-state index in [0.717, 1.165) is 18.2 Å². The lowest BCUT2D eigenvalue weighted by atomic mass is 10.1. The molecule has 0 fully saturated rings. The molecule has 2 rings (SSSR count). The maximum atomic E-state index is 13.0. The van der Waals surface area contributed by atoms with Gasteiger partial charge in [-0.1, -0.05) is 11.6 Å². The van der Waals surface area contributed by atoms with Gasteiger partial charge >= 0.3 is 0 Å². The number of benzene rings is 1. The molecule has 0 spiro atoms. The van der Waals surface area contributed by atoms with Gasteiger partial charge in [-0.15, -0.1) is 0 Å². The summed E-state index contributed by atoms with van der Waals surface area (Å²) in [5.41, 5.74) is 0.379. The molecular formula is C11H9ClF2N2O. The van der Waals surface area contributed by atoms with Crippen molar-refractivity contribution in [3.63, 3.8) is 0 Å². The number of aliphatic hydroxyl groups is 1. The zero-order valence-corrected chi connectivity index (χ0v) is 9.62. The monoisotopic (exact) mass is 258 g/mol. The van der Waals surface area contributed by atoms with Crippen molar-refractivity contribution >= 4 is 11.6 Å². The van der Waals surface area contributed by atoms with Gasteiger partial charge < -0.3 is 5.11 Å². The second kappa shape index (κ2) is 4.43. The number of hydrogen-bond acceptors (Lipinski definition) is 2. The fourth-order valence-electron chi connectivity index (χ4n) is 1.62. The highest BCUT2D eigenvalue weighted by Crippen LogP contribution is 2.28. The van der Waals surface area contributed by atoms with Crippen molar-refractivity contribution in [3.8, 4) is 0 Å². The molecule has 0 amide bonds. The molecular weight excluding hydrogens is 250 g/mol. The van der Waals surface area contributed by atoms with Crippen LogP contribution >= 0.6 is 11.6 Å². The summed E-state index contributed by atoms with van der Waals surface area (Å²) in [5, 5.41) is 14.1. The van der Waals surface area contributed by atoms with Crippen LogP contribution in [0, 0.1) is 11.6 Å². The number of halogens is 3. The summed E-state index contributed by atoms with van der Waals surface area (Å²) >= 11 is 5.84. The molecule has 0 bridgehead atoms. The van der Waals surface area contributed by atoms with E-state index in [1.807, 2.05) is 0 Å². The van der Waals surface area contributed by atoms with Crippen molar-refractivity contribution in [1.29, 1.82) is 0 Å². The average Bonchev–Trinajstić information content (AvgIpc) is 2.56. The number of rotatable bonds is 2. The maximum Gasteiger partial charge on any atom is 0.126 e. The summed E-state index contributed by atoms with van der Waals surface area (Å²) < 4.78 is 27.4. The summed E-state index contributed by atoms with van der Waals surface area (Å²) in [7, 11) is 1.58. The largest absolute Gasteiger partial charge is 0.382 e. The molecule has 1 heterocycles. The van der Waals surface area contributed by atoms with Crippen LogP contribution in [0.1, 0.15) is 17.4 Å². The third-order valence-electron chi connectivity index (χ3n) is 2.40. The van der Waals surface area contributed by atoms with Gasteiger partial charge in [0.1, 0.15) is 17.7 Å². The fraction of sp³-hybridized carbons (Fsp3) is 0.182. The van der Waals surface area contributed by atoms with Crippen molar-refractivity contribution < 1.29 is 13.9 Å². The Bertz CT molecular complexity index is 517. The molecule has 0 aliphatic rings. The molecule has 90 valence electrons. The van der Waals surface area contributed by atoms with Crippen LogP contribution in [-0.4, -0.2) is 14.9 Å². The molecule has 17 heavy (non-hydrogen) atoms. The minimum absolute atomic E-state index is 0.0907. The Labute approximate surface area is 101 Å². The lowest BCUT2D eigenvalue weighted by Gasteiger charge is -2.12. The first-order valence-corrected chi connectivity index (χ1v) is 5.18. The molecule has 0 saturated carbocycles. The Morgan fingerprint density at radius 2 is 1.88 bits per heavy atom. The number of aliphatic hydroxyl groups excluding tert-OH is 1. The summed E-state index contributed by atoms with van der Waals surface area (Å²) in [6.45, 7) is 0. The van der Waals surface area contributed by atoms with Gasteiger partial charge in [0.2, 0.25) is 0 Å². The van der Waals surface area contributed by atoms with Gasteiger partial charge in [0, 0.05) is 13.1 Å². The van der Waals surface area contributed by atoms with Crippen LogP contribution in [-0.2, 0) is 7.05 Å². The molecule has 0 radical (unpaired) electrons. The highest BCUT2D eigenvalue weighted by atomic mass is 35.5. The summed E-state index contributed by atoms with van der Waals surface area (Å²) in [6, 6.07) is 2.84. The summed E-state index contributed by atoms with van der Waals surface area (Å²) in [4.78, 5) is 0. The maximum absolute atomic E-state index is 13.0. The van der Waals surface area contributed by atoms with E-state index in [1.54, 1.807) is 7.05 Å². The van der Waals surface area contributed by atoms with E-state index < -0.39 is 17.7 Å². The first-order valence-electron chi connectivity index (χ1n) is 4.80. The number of hydrogen-bond donors (Lipinski definition) is 1. The van der Waals surface area contributed by atoms with Crippen molar-refractivity contribution in [2.24, 2.45) is 7.05 Å². The second-order valence-corrected chi connectivity index (χ2v) is 4.01. The van der Waals surface area contributed by atoms with Crippen LogP contribution in [0.15, 0.2) is 24.4 Å². The van der Waals surface area contributed by atoms with E-state index in [2.05, 4.69) is 5.10 Å². The Kier molecular flexibility index (Phi) is 3.13. The van der Waals surface area contributed by atoms with Crippen molar-refractivity contribution in [3.05, 3.63) is 52.3 Å². The normalized spacial score (nSPS) is 12.8. The predicted octanol–water partition coefficient (Wildman–Crippen LogP) is 2.43. The quantitative estimate of drug-likeness (QED) is 0.898. The lowest BCUT2D eigenvalue weighted by Crippen LogP contribution is -2.08. The van der Waals surface area contributed by atoms with E-state index in [1.165, 1.54) is 10.9 Å². The van der Waals surface area contributed by atoms with Gasteiger partial charge in [-0.25, -0.2) is 8.78 Å². The van der Waals surface area contributed by atoms with Gasteiger partial charge in [0.25, 0.3) is 0 Å². The molecule has 0 aliphatic heterocycles. The molecule has 3 nitrogen and oxygen atoms in total. The van der Waals surface area contributed by atoms with Crippen LogP contribution in [0.2, 0.25) is 5.02 Å². The van der Waals surface area contributed by atoms with E-state index in [9.17, 15) is 13.9 Å². The molecule has 6 heteroatoms. The zero-order valence-electron chi connectivity index (χ0n) is 8.86. The molecule has 0 aliphatic carbocycles. The van der Waals surface area contributed by atoms with Gasteiger partial charge in [-0.3, -0.25) is 4.68 Å². The van der Waals surface area contributed by atoms with Crippen molar-refractivity contribution in [1.82, 2.24) is 9.78 Å². The van der Waals surface area contributed by atoms with Crippen LogP contribution in [0.25, 0.3) is 0 Å². The van der Waals surface area contributed by atoms with Crippen molar-refractivity contribution in [2.75, 3.05) is 0 Å². The van der Waals surface area contributed by atoms with Crippen LogP contribution in [0.5, 0.6) is 0 Å². The molecule has 0 saturated heterocycles. The third-order valence-corrected chi connectivity index (χ3v) is 2.69. The highest BCUT2D eigenvalue weighted by molar-refractivity contribution is 6.31. The van der Waals surface area contributed by atoms with Crippen LogP contribution < -0.4 is 0 Å². The molecule has 2 aromatic rings. The minimum atomic E-state index is -1.22. The average molecular weight is 259 g/mol. The van der Waals surface area contributed by atoms with Gasteiger partial charge in [0.15, 0.2) is 0 Å². The van der Waals surface area contributed by atoms with E-state index in [4.69, 9.17) is 11.6 Å². The molecule has 1 aromatic carbocycles. The van der Waals surface area contributed by atoms with Gasteiger partial charge in [-0.05, 0) is 17.7 Å². The molecule has 1 atom stereocenters. The highest BCUT2D eigenvalue weighted by Gasteiger charge is 2.19.